The Bertz CT molecular complexity index is 1030. The molecule has 0 saturated heterocycles. The number of carbonyl (C=O) groups is 1. The number of thioether (sulfide) groups is 1. The van der Waals surface area contributed by atoms with Crippen LogP contribution in [0.3, 0.4) is 0 Å². The first-order valence-corrected chi connectivity index (χ1v) is 9.55. The van der Waals surface area contributed by atoms with Crippen molar-refractivity contribution in [2.45, 2.75) is 24.8 Å². The zero-order chi connectivity index (χ0) is 20.3. The fourth-order valence-electron chi connectivity index (χ4n) is 2.53. The normalized spacial score (nSPS) is 11.8. The highest BCUT2D eigenvalue weighted by molar-refractivity contribution is 7.98. The molecule has 144 valence electrons. The van der Waals surface area contributed by atoms with E-state index in [1.165, 1.54) is 30.0 Å². The molecule has 0 unspecified atom stereocenters. The van der Waals surface area contributed by atoms with Crippen LogP contribution < -0.4 is 0 Å². The maximum atomic E-state index is 12.4. The minimum absolute atomic E-state index is 0.0785. The standard InChI is InChI=1S/C19H17N3O5S/c1-11-5-4-6-13(9-11)18-21-20-17(27-18)12(2)26-19(23)14-7-8-16(28-3)15(10-14)22(24)25/h4-10,12H,1-3H3/t12-/m1/s1. The summed E-state index contributed by atoms with van der Waals surface area (Å²) in [6, 6.07) is 11.8. The summed E-state index contributed by atoms with van der Waals surface area (Å²) in [5.74, 6) is -0.250. The van der Waals surface area contributed by atoms with Gasteiger partial charge in [0.15, 0.2) is 6.10 Å². The molecule has 3 rings (SSSR count). The van der Waals surface area contributed by atoms with Crippen molar-refractivity contribution in [1.29, 1.82) is 0 Å². The molecule has 0 saturated carbocycles. The largest absolute Gasteiger partial charge is 0.449 e. The molecule has 2 aromatic carbocycles. The number of hydrogen-bond donors (Lipinski definition) is 0. The van der Waals surface area contributed by atoms with Gasteiger partial charge in [-0.25, -0.2) is 4.79 Å². The molecule has 8 nitrogen and oxygen atoms in total. The summed E-state index contributed by atoms with van der Waals surface area (Å²) in [5, 5.41) is 19.1. The molecule has 28 heavy (non-hydrogen) atoms. The number of nitro groups is 1. The van der Waals surface area contributed by atoms with Gasteiger partial charge in [0, 0.05) is 11.6 Å². The first kappa shape index (κ1) is 19.6. The molecule has 1 atom stereocenters. The lowest BCUT2D eigenvalue weighted by atomic mass is 10.1. The van der Waals surface area contributed by atoms with Crippen molar-refractivity contribution in [2.75, 3.05) is 6.26 Å². The van der Waals surface area contributed by atoms with E-state index in [4.69, 9.17) is 9.15 Å². The maximum Gasteiger partial charge on any atom is 0.339 e. The van der Waals surface area contributed by atoms with Gasteiger partial charge in [0.25, 0.3) is 11.6 Å². The first-order valence-electron chi connectivity index (χ1n) is 8.33. The van der Waals surface area contributed by atoms with E-state index in [-0.39, 0.29) is 17.1 Å². The lowest BCUT2D eigenvalue weighted by molar-refractivity contribution is -0.387. The molecule has 0 amide bonds. The van der Waals surface area contributed by atoms with Gasteiger partial charge in [0.2, 0.25) is 5.89 Å². The highest BCUT2D eigenvalue weighted by atomic mass is 32.2. The number of nitro benzene ring substituents is 1. The minimum atomic E-state index is -0.808. The Kier molecular flexibility index (Phi) is 5.74. The number of esters is 1. The third kappa shape index (κ3) is 4.20. The molecule has 0 aliphatic carbocycles. The van der Waals surface area contributed by atoms with Gasteiger partial charge < -0.3 is 9.15 Å². The highest BCUT2D eigenvalue weighted by Crippen LogP contribution is 2.29. The van der Waals surface area contributed by atoms with E-state index < -0.39 is 17.0 Å². The van der Waals surface area contributed by atoms with Crippen molar-refractivity contribution >= 4 is 23.4 Å². The summed E-state index contributed by atoms with van der Waals surface area (Å²) < 4.78 is 10.9. The SMILES string of the molecule is CSc1ccc(C(=O)O[C@H](C)c2nnc(-c3cccc(C)c3)o2)cc1[N+](=O)[O-]. The van der Waals surface area contributed by atoms with Crippen molar-refractivity contribution in [2.24, 2.45) is 0 Å². The van der Waals surface area contributed by atoms with E-state index in [9.17, 15) is 14.9 Å². The first-order chi connectivity index (χ1) is 13.4. The van der Waals surface area contributed by atoms with Gasteiger partial charge in [-0.1, -0.05) is 17.7 Å². The minimum Gasteiger partial charge on any atom is -0.449 e. The van der Waals surface area contributed by atoms with Crippen molar-refractivity contribution in [3.63, 3.8) is 0 Å². The fraction of sp³-hybridized carbons (Fsp3) is 0.211. The monoisotopic (exact) mass is 399 g/mol. The molecule has 0 bridgehead atoms. The van der Waals surface area contributed by atoms with E-state index in [0.717, 1.165) is 11.1 Å². The van der Waals surface area contributed by atoms with Crippen LogP contribution in [0, 0.1) is 17.0 Å². The number of hydrogen-bond acceptors (Lipinski definition) is 8. The maximum absolute atomic E-state index is 12.4. The molecule has 1 aromatic heterocycles. The van der Waals surface area contributed by atoms with E-state index in [1.807, 2.05) is 31.2 Å². The molecule has 0 radical (unpaired) electrons. The van der Waals surface area contributed by atoms with E-state index in [2.05, 4.69) is 10.2 Å². The van der Waals surface area contributed by atoms with Gasteiger partial charge in [-0.3, -0.25) is 10.1 Å². The summed E-state index contributed by atoms with van der Waals surface area (Å²) in [6.07, 6.45) is 0.918. The predicted octanol–water partition coefficient (Wildman–Crippen LogP) is 4.59. The summed E-state index contributed by atoms with van der Waals surface area (Å²) in [5.41, 5.74) is 1.75. The average Bonchev–Trinajstić information content (AvgIpc) is 3.17. The second kappa shape index (κ2) is 8.22. The number of aryl methyl sites for hydroxylation is 1. The van der Waals surface area contributed by atoms with Crippen molar-refractivity contribution in [1.82, 2.24) is 10.2 Å². The van der Waals surface area contributed by atoms with Crippen molar-refractivity contribution in [3.8, 4) is 11.5 Å². The Balaban J connectivity index is 1.76. The number of ether oxygens (including phenoxy) is 1. The van der Waals surface area contributed by atoms with Crippen molar-refractivity contribution < 1.29 is 18.9 Å². The van der Waals surface area contributed by atoms with Crippen LogP contribution >= 0.6 is 11.8 Å². The van der Waals surface area contributed by atoms with Crippen LogP contribution in [0.2, 0.25) is 0 Å². The molecule has 0 aliphatic heterocycles. The predicted molar refractivity (Wildman–Crippen MR) is 103 cm³/mol. The van der Waals surface area contributed by atoms with E-state index in [0.29, 0.717) is 10.8 Å². The summed E-state index contributed by atoms with van der Waals surface area (Å²) in [7, 11) is 0. The molecule has 0 N–H and O–H groups in total. The zero-order valence-electron chi connectivity index (χ0n) is 15.4. The second-order valence-corrected chi connectivity index (χ2v) is 6.85. The zero-order valence-corrected chi connectivity index (χ0v) is 16.2. The number of benzene rings is 2. The van der Waals surface area contributed by atoms with Gasteiger partial charge >= 0.3 is 5.97 Å². The third-order valence-corrected chi connectivity index (χ3v) is 4.73. The third-order valence-electron chi connectivity index (χ3n) is 3.95. The fourth-order valence-corrected chi connectivity index (χ4v) is 3.08. The van der Waals surface area contributed by atoms with Gasteiger partial charge in [0.05, 0.1) is 15.4 Å². The van der Waals surface area contributed by atoms with Crippen LogP contribution in [0.4, 0.5) is 5.69 Å². The number of carbonyl (C=O) groups excluding carboxylic acids is 1. The summed E-state index contributed by atoms with van der Waals surface area (Å²) in [6.45, 7) is 3.54. The van der Waals surface area contributed by atoms with Crippen LogP contribution in [0.25, 0.3) is 11.5 Å². The van der Waals surface area contributed by atoms with Crippen LogP contribution in [0.15, 0.2) is 51.8 Å². The lowest BCUT2D eigenvalue weighted by Gasteiger charge is -2.10. The molecular weight excluding hydrogens is 382 g/mol. The van der Waals surface area contributed by atoms with Crippen LogP contribution in [0.5, 0.6) is 0 Å². The second-order valence-electron chi connectivity index (χ2n) is 6.01. The van der Waals surface area contributed by atoms with E-state index >= 15 is 0 Å². The molecule has 0 spiro atoms. The van der Waals surface area contributed by atoms with Crippen LogP contribution in [-0.2, 0) is 4.74 Å². The van der Waals surface area contributed by atoms with Gasteiger partial charge in [-0.15, -0.1) is 22.0 Å². The Hall–Kier alpha value is -3.20. The number of aromatic nitrogens is 2. The Morgan fingerprint density at radius 2 is 2.04 bits per heavy atom. The average molecular weight is 399 g/mol. The van der Waals surface area contributed by atoms with Gasteiger partial charge in [0.1, 0.15) is 0 Å². The topological polar surface area (TPSA) is 108 Å². The molecule has 0 fully saturated rings. The Morgan fingerprint density at radius 1 is 1.25 bits per heavy atom. The lowest BCUT2D eigenvalue weighted by Crippen LogP contribution is -2.10. The van der Waals surface area contributed by atoms with Crippen LogP contribution in [-0.4, -0.2) is 27.3 Å². The number of rotatable bonds is 6. The molecule has 3 aromatic rings. The van der Waals surface area contributed by atoms with Gasteiger partial charge in [-0.05, 0) is 44.4 Å². The van der Waals surface area contributed by atoms with Gasteiger partial charge in [-0.2, -0.15) is 0 Å². The van der Waals surface area contributed by atoms with Crippen molar-refractivity contribution in [3.05, 3.63) is 69.6 Å². The molecular formula is C19H17N3O5S. The smallest absolute Gasteiger partial charge is 0.339 e. The molecule has 0 aliphatic rings. The van der Waals surface area contributed by atoms with E-state index in [1.54, 1.807) is 13.2 Å². The highest BCUT2D eigenvalue weighted by Gasteiger charge is 2.22. The molecule has 1 heterocycles. The Labute approximate surface area is 165 Å². The molecule has 9 heteroatoms. The Morgan fingerprint density at radius 3 is 2.71 bits per heavy atom. The summed E-state index contributed by atoms with van der Waals surface area (Å²) in [4.78, 5) is 23.5. The summed E-state index contributed by atoms with van der Waals surface area (Å²) >= 11 is 1.23. The quantitative estimate of drug-likeness (QED) is 0.256. The number of nitrogens with zero attached hydrogens (tertiary/aromatic N) is 3. The van der Waals surface area contributed by atoms with Crippen LogP contribution in [0.1, 0.15) is 34.8 Å².